The van der Waals surface area contributed by atoms with Crippen LogP contribution in [0.3, 0.4) is 0 Å². The van der Waals surface area contributed by atoms with Crippen LogP contribution in [0.25, 0.3) is 11.3 Å². The third-order valence-electron chi connectivity index (χ3n) is 5.38. The Bertz CT molecular complexity index is 1120. The van der Waals surface area contributed by atoms with Crippen LogP contribution in [0.15, 0.2) is 59.0 Å². The molecule has 0 spiro atoms. The van der Waals surface area contributed by atoms with E-state index in [1.165, 1.54) is 6.92 Å². The summed E-state index contributed by atoms with van der Waals surface area (Å²) in [5, 5.41) is 6.79. The number of furan rings is 1. The molecule has 0 radical (unpaired) electrons. The van der Waals surface area contributed by atoms with Crippen molar-refractivity contribution < 1.29 is 14.0 Å². The van der Waals surface area contributed by atoms with E-state index in [0.29, 0.717) is 29.4 Å². The Morgan fingerprint density at radius 1 is 1.03 bits per heavy atom. The highest BCUT2D eigenvalue weighted by atomic mass is 35.5. The van der Waals surface area contributed by atoms with Crippen molar-refractivity contribution in [2.24, 2.45) is 0 Å². The van der Waals surface area contributed by atoms with E-state index in [9.17, 15) is 9.59 Å². The second kappa shape index (κ2) is 10.0. The van der Waals surface area contributed by atoms with Crippen molar-refractivity contribution in [2.45, 2.75) is 32.9 Å². The van der Waals surface area contributed by atoms with Crippen LogP contribution in [0.2, 0.25) is 5.02 Å². The Morgan fingerprint density at radius 3 is 2.56 bits per heavy atom. The van der Waals surface area contributed by atoms with E-state index in [1.54, 1.807) is 6.07 Å². The van der Waals surface area contributed by atoms with Crippen molar-refractivity contribution in [3.63, 3.8) is 0 Å². The van der Waals surface area contributed by atoms with Gasteiger partial charge in [0.05, 0.1) is 11.6 Å². The summed E-state index contributed by atoms with van der Waals surface area (Å²) in [7, 11) is 0. The van der Waals surface area contributed by atoms with Crippen molar-refractivity contribution in [3.8, 4) is 11.3 Å². The van der Waals surface area contributed by atoms with E-state index in [-0.39, 0.29) is 11.8 Å². The van der Waals surface area contributed by atoms with Crippen LogP contribution in [0.5, 0.6) is 0 Å². The number of amides is 2. The number of anilines is 1. The summed E-state index contributed by atoms with van der Waals surface area (Å²) in [4.78, 5) is 26.3. The highest BCUT2D eigenvalue weighted by molar-refractivity contribution is 6.33. The fourth-order valence-corrected chi connectivity index (χ4v) is 4.13. The lowest BCUT2D eigenvalue weighted by atomic mass is 10.1. The zero-order valence-corrected chi connectivity index (χ0v) is 18.7. The van der Waals surface area contributed by atoms with E-state index in [2.05, 4.69) is 10.6 Å². The van der Waals surface area contributed by atoms with Crippen LogP contribution in [0, 0.1) is 0 Å². The average Bonchev–Trinajstić information content (AvgIpc) is 3.45. The fraction of sp³-hybridized carbons (Fsp3) is 0.280. The molecule has 2 amide bonds. The highest BCUT2D eigenvalue weighted by Gasteiger charge is 2.20. The monoisotopic (exact) mass is 451 g/mol. The molecule has 1 aliphatic heterocycles. The SMILES string of the molecule is CC(=O)Nc1cc(CNCc2ccc(-c3ccccc3Cl)o2)cc(C(=O)N2CCCC2)c1. The number of nitrogens with one attached hydrogen (secondary N) is 2. The molecule has 0 atom stereocenters. The number of halogens is 1. The number of nitrogens with zero attached hydrogens (tertiary/aromatic N) is 1. The number of carbonyl (C=O) groups is 2. The van der Waals surface area contributed by atoms with Gasteiger partial charge in [0, 0.05) is 43.4 Å². The van der Waals surface area contributed by atoms with E-state index in [1.807, 2.05) is 53.4 Å². The normalized spacial score (nSPS) is 13.4. The van der Waals surface area contributed by atoms with E-state index in [0.717, 1.165) is 48.6 Å². The Hall–Kier alpha value is -3.09. The Labute approximate surface area is 192 Å². The van der Waals surface area contributed by atoms with Gasteiger partial charge in [0.2, 0.25) is 5.91 Å². The second-order valence-electron chi connectivity index (χ2n) is 7.95. The molecule has 4 rings (SSSR count). The van der Waals surface area contributed by atoms with E-state index < -0.39 is 0 Å². The first kappa shape index (κ1) is 22.1. The van der Waals surface area contributed by atoms with Gasteiger partial charge >= 0.3 is 0 Å². The molecule has 166 valence electrons. The Balaban J connectivity index is 1.44. The molecule has 0 unspecified atom stereocenters. The molecule has 2 N–H and O–H groups in total. The van der Waals surface area contributed by atoms with E-state index in [4.69, 9.17) is 16.0 Å². The van der Waals surface area contributed by atoms with Crippen molar-refractivity contribution in [2.75, 3.05) is 18.4 Å². The van der Waals surface area contributed by atoms with Crippen molar-refractivity contribution in [1.29, 1.82) is 0 Å². The molecule has 1 aromatic heterocycles. The maximum Gasteiger partial charge on any atom is 0.253 e. The minimum atomic E-state index is -0.169. The summed E-state index contributed by atoms with van der Waals surface area (Å²) in [6.45, 7) is 4.06. The van der Waals surface area contributed by atoms with Gasteiger partial charge in [-0.2, -0.15) is 0 Å². The number of carbonyl (C=O) groups excluding carboxylic acids is 2. The van der Waals surface area contributed by atoms with Gasteiger partial charge in [-0.1, -0.05) is 23.7 Å². The van der Waals surface area contributed by atoms with Gasteiger partial charge in [-0.3, -0.25) is 9.59 Å². The second-order valence-corrected chi connectivity index (χ2v) is 8.36. The molecule has 1 fully saturated rings. The zero-order chi connectivity index (χ0) is 22.5. The molecule has 2 aromatic carbocycles. The van der Waals surface area contributed by atoms with Crippen molar-refractivity contribution >= 4 is 29.1 Å². The number of rotatable bonds is 7. The largest absolute Gasteiger partial charge is 0.460 e. The summed E-state index contributed by atoms with van der Waals surface area (Å²) in [6, 6.07) is 16.9. The third-order valence-corrected chi connectivity index (χ3v) is 5.71. The molecular weight excluding hydrogens is 426 g/mol. The predicted octanol–water partition coefficient (Wildman–Crippen LogP) is 5.08. The topological polar surface area (TPSA) is 74.6 Å². The van der Waals surface area contributed by atoms with Gasteiger partial charge in [-0.15, -0.1) is 0 Å². The number of benzene rings is 2. The van der Waals surface area contributed by atoms with Crippen molar-refractivity contribution in [1.82, 2.24) is 10.2 Å². The van der Waals surface area contributed by atoms with Gasteiger partial charge in [0.15, 0.2) is 0 Å². The fourth-order valence-electron chi connectivity index (χ4n) is 3.90. The molecule has 3 aromatic rings. The molecule has 1 saturated heterocycles. The van der Waals surface area contributed by atoms with Crippen molar-refractivity contribution in [3.05, 3.63) is 76.5 Å². The maximum absolute atomic E-state index is 12.9. The Kier molecular flexibility index (Phi) is 6.93. The molecule has 0 aliphatic carbocycles. The zero-order valence-electron chi connectivity index (χ0n) is 18.0. The number of likely N-dealkylation sites (tertiary alicyclic amines) is 1. The van der Waals surface area contributed by atoms with Crippen LogP contribution in [0.1, 0.15) is 41.4 Å². The van der Waals surface area contributed by atoms with Gasteiger partial charge < -0.3 is 20.0 Å². The molecule has 0 bridgehead atoms. The molecule has 0 saturated carbocycles. The molecule has 6 nitrogen and oxygen atoms in total. The highest BCUT2D eigenvalue weighted by Crippen LogP contribution is 2.29. The smallest absolute Gasteiger partial charge is 0.253 e. The summed E-state index contributed by atoms with van der Waals surface area (Å²) >= 11 is 6.25. The first-order valence-corrected chi connectivity index (χ1v) is 11.1. The quantitative estimate of drug-likeness (QED) is 0.525. The van der Waals surface area contributed by atoms with Gasteiger partial charge in [-0.05, 0) is 60.9 Å². The molecule has 7 heteroatoms. The molecular formula is C25H26ClN3O3. The predicted molar refractivity (Wildman–Crippen MR) is 126 cm³/mol. The van der Waals surface area contributed by atoms with Gasteiger partial charge in [0.25, 0.3) is 5.91 Å². The van der Waals surface area contributed by atoms with E-state index >= 15 is 0 Å². The summed E-state index contributed by atoms with van der Waals surface area (Å²) in [6.07, 6.45) is 2.07. The lowest BCUT2D eigenvalue weighted by molar-refractivity contribution is -0.114. The lowest BCUT2D eigenvalue weighted by Gasteiger charge is -2.17. The lowest BCUT2D eigenvalue weighted by Crippen LogP contribution is -2.28. The van der Waals surface area contributed by atoms with Crippen LogP contribution in [-0.4, -0.2) is 29.8 Å². The Morgan fingerprint density at radius 2 is 1.81 bits per heavy atom. The van der Waals surface area contributed by atoms with Crippen LogP contribution in [0.4, 0.5) is 5.69 Å². The molecule has 1 aliphatic rings. The number of hydrogen-bond donors (Lipinski definition) is 2. The van der Waals surface area contributed by atoms with Gasteiger partial charge in [0.1, 0.15) is 11.5 Å². The third kappa shape index (κ3) is 5.39. The van der Waals surface area contributed by atoms with Crippen LogP contribution < -0.4 is 10.6 Å². The average molecular weight is 452 g/mol. The molecule has 2 heterocycles. The summed E-state index contributed by atoms with van der Waals surface area (Å²) < 4.78 is 5.93. The first-order valence-electron chi connectivity index (χ1n) is 10.7. The first-order chi connectivity index (χ1) is 15.5. The molecule has 32 heavy (non-hydrogen) atoms. The van der Waals surface area contributed by atoms with Crippen LogP contribution in [-0.2, 0) is 17.9 Å². The van der Waals surface area contributed by atoms with Gasteiger partial charge in [-0.25, -0.2) is 0 Å². The standard InChI is InChI=1S/C25H26ClN3O3/c1-17(30)28-20-13-18(12-19(14-20)25(31)29-10-4-5-11-29)15-27-16-21-8-9-24(32-21)22-6-2-3-7-23(22)26/h2-3,6-9,12-14,27H,4-5,10-11,15-16H2,1H3,(H,28,30). The van der Waals surface area contributed by atoms with Crippen LogP contribution >= 0.6 is 11.6 Å². The summed E-state index contributed by atoms with van der Waals surface area (Å²) in [5.74, 6) is 1.34. The minimum absolute atomic E-state index is 0.00590. The maximum atomic E-state index is 12.9. The summed E-state index contributed by atoms with van der Waals surface area (Å²) in [5.41, 5.74) is 2.98. The minimum Gasteiger partial charge on any atom is -0.460 e. The number of hydrogen-bond acceptors (Lipinski definition) is 4.